The number of hydrogen-bond acceptors (Lipinski definition) is 4. The van der Waals surface area contributed by atoms with Gasteiger partial charge in [0, 0.05) is 25.2 Å². The van der Waals surface area contributed by atoms with Crippen LogP contribution in [-0.4, -0.2) is 36.0 Å². The van der Waals surface area contributed by atoms with Crippen LogP contribution in [0.1, 0.15) is 25.3 Å². The molecule has 1 aromatic carbocycles. The van der Waals surface area contributed by atoms with E-state index in [1.165, 1.54) is 25.9 Å². The quantitative estimate of drug-likeness (QED) is 0.614. The maximum Gasteiger partial charge on any atom is 0.269 e. The van der Waals surface area contributed by atoms with Gasteiger partial charge < -0.3 is 10.2 Å². The largest absolute Gasteiger partial charge is 0.312 e. The maximum absolute atomic E-state index is 10.6. The molecule has 1 N–H and O–H groups in total. The number of non-ortho nitro benzene ring substituents is 1. The fraction of sp³-hybridized carbons (Fsp3) is 0.600. The minimum absolute atomic E-state index is 0.149. The average molecular weight is 277 g/mol. The van der Waals surface area contributed by atoms with Gasteiger partial charge in [-0.2, -0.15) is 0 Å². The summed E-state index contributed by atoms with van der Waals surface area (Å²) < 4.78 is 0. The van der Waals surface area contributed by atoms with E-state index in [1.807, 2.05) is 12.1 Å². The third-order valence-electron chi connectivity index (χ3n) is 3.74. The Morgan fingerprint density at radius 1 is 1.30 bits per heavy atom. The highest BCUT2D eigenvalue weighted by Crippen LogP contribution is 2.12. The van der Waals surface area contributed by atoms with Crippen molar-refractivity contribution in [3.8, 4) is 0 Å². The summed E-state index contributed by atoms with van der Waals surface area (Å²) in [4.78, 5) is 12.7. The zero-order chi connectivity index (χ0) is 14.4. The minimum atomic E-state index is -0.366. The molecule has 2 rings (SSSR count). The first-order valence-corrected chi connectivity index (χ1v) is 7.31. The molecule has 0 spiro atoms. The van der Waals surface area contributed by atoms with Gasteiger partial charge in [0.25, 0.3) is 5.69 Å². The normalized spacial score (nSPS) is 17.2. The molecule has 0 radical (unpaired) electrons. The summed E-state index contributed by atoms with van der Waals surface area (Å²) in [7, 11) is 0. The van der Waals surface area contributed by atoms with Crippen molar-refractivity contribution in [1.82, 2.24) is 10.2 Å². The molecule has 0 bridgehead atoms. The SMILES string of the molecule is CC(CNCc1ccc([N+](=O)[O-])cc1)CN1CCCC1. The molecular formula is C15H23N3O2. The molecular weight excluding hydrogens is 254 g/mol. The summed E-state index contributed by atoms with van der Waals surface area (Å²) in [5, 5.41) is 14.0. The standard InChI is InChI=1S/C15H23N3O2/c1-13(12-17-8-2-3-9-17)10-16-11-14-4-6-15(7-5-14)18(19)20/h4-7,13,16H,2-3,8-12H2,1H3. The fourth-order valence-electron chi connectivity index (χ4n) is 2.67. The van der Waals surface area contributed by atoms with Crippen molar-refractivity contribution in [2.45, 2.75) is 26.3 Å². The molecule has 0 aromatic heterocycles. The number of nitrogens with one attached hydrogen (secondary N) is 1. The van der Waals surface area contributed by atoms with Gasteiger partial charge in [0.2, 0.25) is 0 Å². The van der Waals surface area contributed by atoms with Crippen LogP contribution in [-0.2, 0) is 6.54 Å². The first-order valence-electron chi connectivity index (χ1n) is 7.31. The lowest BCUT2D eigenvalue weighted by Crippen LogP contribution is -2.31. The van der Waals surface area contributed by atoms with Crippen molar-refractivity contribution in [2.75, 3.05) is 26.2 Å². The Hall–Kier alpha value is -1.46. The molecule has 1 fully saturated rings. The van der Waals surface area contributed by atoms with Crippen molar-refractivity contribution in [3.63, 3.8) is 0 Å². The van der Waals surface area contributed by atoms with Gasteiger partial charge in [-0.15, -0.1) is 0 Å². The molecule has 1 aliphatic heterocycles. The second-order valence-electron chi connectivity index (χ2n) is 5.67. The molecule has 110 valence electrons. The van der Waals surface area contributed by atoms with Crippen molar-refractivity contribution in [3.05, 3.63) is 39.9 Å². The molecule has 5 nitrogen and oxygen atoms in total. The number of likely N-dealkylation sites (tertiary alicyclic amines) is 1. The molecule has 1 heterocycles. The van der Waals surface area contributed by atoms with E-state index in [9.17, 15) is 10.1 Å². The summed E-state index contributed by atoms with van der Waals surface area (Å²) in [6, 6.07) is 6.75. The van der Waals surface area contributed by atoms with Gasteiger partial charge in [0.05, 0.1) is 4.92 Å². The number of nitrogens with zero attached hydrogens (tertiary/aromatic N) is 2. The smallest absolute Gasteiger partial charge is 0.269 e. The summed E-state index contributed by atoms with van der Waals surface area (Å²) in [6.45, 7) is 7.66. The van der Waals surface area contributed by atoms with Crippen LogP contribution in [0.5, 0.6) is 0 Å². The van der Waals surface area contributed by atoms with E-state index in [-0.39, 0.29) is 10.6 Å². The van der Waals surface area contributed by atoms with Crippen LogP contribution < -0.4 is 5.32 Å². The van der Waals surface area contributed by atoms with Gasteiger partial charge in [-0.25, -0.2) is 0 Å². The van der Waals surface area contributed by atoms with E-state index >= 15 is 0 Å². The Balaban J connectivity index is 1.68. The van der Waals surface area contributed by atoms with Crippen LogP contribution in [0.4, 0.5) is 5.69 Å². The van der Waals surface area contributed by atoms with Crippen molar-refractivity contribution < 1.29 is 4.92 Å². The average Bonchev–Trinajstić information content (AvgIpc) is 2.92. The van der Waals surface area contributed by atoms with E-state index in [0.717, 1.165) is 25.2 Å². The molecule has 1 aliphatic rings. The maximum atomic E-state index is 10.6. The molecule has 1 unspecified atom stereocenters. The third kappa shape index (κ3) is 4.58. The fourth-order valence-corrected chi connectivity index (χ4v) is 2.67. The first kappa shape index (κ1) is 14.9. The number of benzene rings is 1. The summed E-state index contributed by atoms with van der Waals surface area (Å²) in [5.41, 5.74) is 1.24. The van der Waals surface area contributed by atoms with Gasteiger partial charge >= 0.3 is 0 Å². The van der Waals surface area contributed by atoms with Crippen molar-refractivity contribution in [2.24, 2.45) is 5.92 Å². The Kier molecular flexibility index (Phi) is 5.49. The predicted molar refractivity (Wildman–Crippen MR) is 79.6 cm³/mol. The Morgan fingerprint density at radius 2 is 1.95 bits per heavy atom. The highest BCUT2D eigenvalue weighted by Gasteiger charge is 2.14. The summed E-state index contributed by atoms with van der Waals surface area (Å²) in [6.07, 6.45) is 2.67. The highest BCUT2D eigenvalue weighted by molar-refractivity contribution is 5.32. The first-order chi connectivity index (χ1) is 9.65. The Morgan fingerprint density at radius 3 is 2.55 bits per heavy atom. The molecule has 1 saturated heterocycles. The topological polar surface area (TPSA) is 58.4 Å². The monoisotopic (exact) mass is 277 g/mol. The lowest BCUT2D eigenvalue weighted by molar-refractivity contribution is -0.384. The van der Waals surface area contributed by atoms with E-state index in [0.29, 0.717) is 5.92 Å². The van der Waals surface area contributed by atoms with Crippen LogP contribution >= 0.6 is 0 Å². The van der Waals surface area contributed by atoms with Gasteiger partial charge in [-0.05, 0) is 44.0 Å². The van der Waals surface area contributed by atoms with Crippen LogP contribution in [0.25, 0.3) is 0 Å². The predicted octanol–water partition coefficient (Wildman–Crippen LogP) is 2.42. The highest BCUT2D eigenvalue weighted by atomic mass is 16.6. The van der Waals surface area contributed by atoms with Crippen molar-refractivity contribution in [1.29, 1.82) is 0 Å². The van der Waals surface area contributed by atoms with Crippen LogP contribution in [0.3, 0.4) is 0 Å². The Labute approximate surface area is 120 Å². The van der Waals surface area contributed by atoms with Gasteiger partial charge in [0.15, 0.2) is 0 Å². The third-order valence-corrected chi connectivity index (χ3v) is 3.74. The van der Waals surface area contributed by atoms with Crippen LogP contribution in [0.2, 0.25) is 0 Å². The number of nitro benzene ring substituents is 1. The van der Waals surface area contributed by atoms with Crippen molar-refractivity contribution >= 4 is 5.69 Å². The second-order valence-corrected chi connectivity index (χ2v) is 5.67. The van der Waals surface area contributed by atoms with Crippen LogP contribution in [0.15, 0.2) is 24.3 Å². The van der Waals surface area contributed by atoms with Gasteiger partial charge in [-0.3, -0.25) is 10.1 Å². The van der Waals surface area contributed by atoms with Crippen LogP contribution in [0, 0.1) is 16.0 Å². The lowest BCUT2D eigenvalue weighted by atomic mass is 10.1. The van der Waals surface area contributed by atoms with Gasteiger partial charge in [-0.1, -0.05) is 19.1 Å². The lowest BCUT2D eigenvalue weighted by Gasteiger charge is -2.20. The zero-order valence-electron chi connectivity index (χ0n) is 12.0. The molecule has 5 heteroatoms. The second kappa shape index (κ2) is 7.36. The van der Waals surface area contributed by atoms with Gasteiger partial charge in [0.1, 0.15) is 0 Å². The van der Waals surface area contributed by atoms with E-state index in [1.54, 1.807) is 12.1 Å². The minimum Gasteiger partial charge on any atom is -0.312 e. The van der Waals surface area contributed by atoms with E-state index in [2.05, 4.69) is 17.1 Å². The zero-order valence-corrected chi connectivity index (χ0v) is 12.0. The Bertz CT molecular complexity index is 427. The molecule has 0 aliphatic carbocycles. The molecule has 1 aromatic rings. The number of rotatable bonds is 7. The molecule has 0 amide bonds. The number of nitro groups is 1. The van der Waals surface area contributed by atoms with E-state index < -0.39 is 0 Å². The molecule has 20 heavy (non-hydrogen) atoms. The summed E-state index contributed by atoms with van der Waals surface area (Å²) in [5.74, 6) is 0.631. The number of hydrogen-bond donors (Lipinski definition) is 1. The molecule has 0 saturated carbocycles. The summed E-state index contributed by atoms with van der Waals surface area (Å²) >= 11 is 0. The van der Waals surface area contributed by atoms with E-state index in [4.69, 9.17) is 0 Å². The molecule has 1 atom stereocenters.